The average molecular weight is 217 g/mol. The molecule has 4 nitrogen and oxygen atoms in total. The molecule has 0 aromatic carbocycles. The fourth-order valence-electron chi connectivity index (χ4n) is 1.20. The number of hydrogen-bond donors (Lipinski definition) is 1. The van der Waals surface area contributed by atoms with Gasteiger partial charge in [0, 0.05) is 33.3 Å². The van der Waals surface area contributed by atoms with Crippen molar-refractivity contribution >= 4 is 0 Å². The van der Waals surface area contributed by atoms with Gasteiger partial charge in [-0.2, -0.15) is 0 Å². The first kappa shape index (κ1) is 14.6. The highest BCUT2D eigenvalue weighted by Gasteiger charge is 2.28. The van der Waals surface area contributed by atoms with Gasteiger partial charge in [-0.25, -0.2) is 0 Å². The number of rotatable bonds is 7. The topological polar surface area (TPSA) is 53.7 Å². The van der Waals surface area contributed by atoms with Crippen molar-refractivity contribution in [3.05, 3.63) is 12.2 Å². The Balaban J connectivity index is 4.07. The van der Waals surface area contributed by atoms with E-state index >= 15 is 0 Å². The van der Waals surface area contributed by atoms with Gasteiger partial charge in [-0.15, -0.1) is 0 Å². The van der Waals surface area contributed by atoms with Gasteiger partial charge < -0.3 is 19.9 Å². The Morgan fingerprint density at radius 2 is 1.53 bits per heavy atom. The summed E-state index contributed by atoms with van der Waals surface area (Å²) in [5.74, 6) is -0.941. The second kappa shape index (κ2) is 6.23. The molecule has 0 amide bonds. The van der Waals surface area contributed by atoms with Gasteiger partial charge in [0.1, 0.15) is 0 Å². The molecule has 0 spiro atoms. The molecule has 0 atom stereocenters. The maximum atomic E-state index is 5.80. The van der Waals surface area contributed by atoms with Gasteiger partial charge in [0.15, 0.2) is 0 Å². The molecule has 0 saturated carbocycles. The summed E-state index contributed by atoms with van der Waals surface area (Å²) in [7, 11) is 4.68. The van der Waals surface area contributed by atoms with Crippen LogP contribution in [0.25, 0.3) is 0 Å². The predicted molar refractivity (Wildman–Crippen MR) is 60.4 cm³/mol. The van der Waals surface area contributed by atoms with E-state index in [2.05, 4.69) is 0 Å². The van der Waals surface area contributed by atoms with Crippen LogP contribution >= 0.6 is 0 Å². The lowest BCUT2D eigenvalue weighted by Gasteiger charge is -2.28. The van der Waals surface area contributed by atoms with Crippen LogP contribution in [-0.2, 0) is 14.2 Å². The highest BCUT2D eigenvalue weighted by Crippen LogP contribution is 2.19. The highest BCUT2D eigenvalue weighted by atomic mass is 16.9. The van der Waals surface area contributed by atoms with Crippen LogP contribution in [0.5, 0.6) is 0 Å². The summed E-state index contributed by atoms with van der Waals surface area (Å²) < 4.78 is 15.5. The first-order valence-corrected chi connectivity index (χ1v) is 5.01. The van der Waals surface area contributed by atoms with Gasteiger partial charge in [0.25, 0.3) is 5.97 Å². The maximum Gasteiger partial charge on any atom is 0.282 e. The maximum absolute atomic E-state index is 5.80. The minimum Gasteiger partial charge on any atom is -0.331 e. The molecule has 0 saturated heterocycles. The van der Waals surface area contributed by atoms with E-state index in [1.54, 1.807) is 21.3 Å². The van der Waals surface area contributed by atoms with Crippen molar-refractivity contribution < 1.29 is 14.2 Å². The lowest BCUT2D eigenvalue weighted by atomic mass is 10.1. The Labute approximate surface area is 92.4 Å². The minimum atomic E-state index is -0.941. The van der Waals surface area contributed by atoms with E-state index in [4.69, 9.17) is 19.9 Å². The van der Waals surface area contributed by atoms with Crippen molar-refractivity contribution in [2.24, 2.45) is 5.73 Å². The Morgan fingerprint density at radius 3 is 1.87 bits per heavy atom. The first-order chi connectivity index (χ1) is 6.89. The van der Waals surface area contributed by atoms with Gasteiger partial charge in [-0.05, 0) is 20.3 Å². The SMILES string of the molecule is COC(CCC=CC(C)(C)N)(OC)OC. The molecule has 0 heterocycles. The summed E-state index contributed by atoms with van der Waals surface area (Å²) in [6.07, 6.45) is 5.38. The smallest absolute Gasteiger partial charge is 0.282 e. The largest absolute Gasteiger partial charge is 0.331 e. The summed E-state index contributed by atoms with van der Waals surface area (Å²) in [4.78, 5) is 0. The Morgan fingerprint density at radius 1 is 1.07 bits per heavy atom. The predicted octanol–water partition coefficient (Wildman–Crippen LogP) is 1.65. The zero-order valence-corrected chi connectivity index (χ0v) is 10.4. The third kappa shape index (κ3) is 5.89. The van der Waals surface area contributed by atoms with Crippen LogP contribution in [0.2, 0.25) is 0 Å². The molecule has 0 aromatic rings. The molecule has 0 aliphatic heterocycles. The minimum absolute atomic E-state index is 0.282. The molecule has 0 aromatic heterocycles. The summed E-state index contributed by atoms with van der Waals surface area (Å²) in [5.41, 5.74) is 5.52. The van der Waals surface area contributed by atoms with E-state index in [1.165, 1.54) is 0 Å². The molecule has 0 fully saturated rings. The van der Waals surface area contributed by atoms with E-state index in [9.17, 15) is 0 Å². The third-order valence-corrected chi connectivity index (χ3v) is 2.10. The summed E-state index contributed by atoms with van der Waals surface area (Å²) in [6, 6.07) is 0. The molecule has 0 unspecified atom stereocenters. The van der Waals surface area contributed by atoms with Crippen molar-refractivity contribution in [1.29, 1.82) is 0 Å². The molecular weight excluding hydrogens is 194 g/mol. The molecule has 0 bridgehead atoms. The Bertz CT molecular complexity index is 184. The summed E-state index contributed by atoms with van der Waals surface area (Å²) in [6.45, 7) is 3.89. The lowest BCUT2D eigenvalue weighted by Crippen LogP contribution is -2.35. The molecule has 0 aliphatic carbocycles. The van der Waals surface area contributed by atoms with Crippen LogP contribution in [0.4, 0.5) is 0 Å². The molecule has 90 valence electrons. The van der Waals surface area contributed by atoms with Crippen LogP contribution in [0, 0.1) is 0 Å². The van der Waals surface area contributed by atoms with E-state index in [0.29, 0.717) is 6.42 Å². The van der Waals surface area contributed by atoms with Crippen molar-refractivity contribution in [3.63, 3.8) is 0 Å². The number of nitrogens with two attached hydrogens (primary N) is 1. The zero-order chi connectivity index (χ0) is 11.9. The van der Waals surface area contributed by atoms with Crippen molar-refractivity contribution in [2.75, 3.05) is 21.3 Å². The van der Waals surface area contributed by atoms with E-state index in [-0.39, 0.29) is 5.54 Å². The number of methoxy groups -OCH3 is 3. The molecule has 4 heteroatoms. The van der Waals surface area contributed by atoms with Crippen molar-refractivity contribution in [1.82, 2.24) is 0 Å². The number of allylic oxidation sites excluding steroid dienone is 1. The first-order valence-electron chi connectivity index (χ1n) is 5.01. The molecule has 15 heavy (non-hydrogen) atoms. The molecular formula is C11H23NO3. The molecule has 0 rings (SSSR count). The summed E-state index contributed by atoms with van der Waals surface area (Å²) in [5, 5.41) is 0. The molecule has 0 radical (unpaired) electrons. The van der Waals surface area contributed by atoms with E-state index in [1.807, 2.05) is 26.0 Å². The van der Waals surface area contributed by atoms with Gasteiger partial charge in [0.05, 0.1) is 0 Å². The summed E-state index contributed by atoms with van der Waals surface area (Å²) >= 11 is 0. The van der Waals surface area contributed by atoms with E-state index < -0.39 is 5.97 Å². The monoisotopic (exact) mass is 217 g/mol. The number of hydrogen-bond acceptors (Lipinski definition) is 4. The standard InChI is InChI=1S/C11H23NO3/c1-10(2,12)8-6-7-9-11(13-3,14-4)15-5/h6,8H,7,9,12H2,1-5H3. The average Bonchev–Trinajstić information content (AvgIpc) is 2.18. The van der Waals surface area contributed by atoms with Crippen LogP contribution in [0.1, 0.15) is 26.7 Å². The fraction of sp³-hybridized carbons (Fsp3) is 0.818. The zero-order valence-electron chi connectivity index (χ0n) is 10.4. The van der Waals surface area contributed by atoms with Gasteiger partial charge in [0.2, 0.25) is 0 Å². The lowest BCUT2D eigenvalue weighted by molar-refractivity contribution is -0.354. The van der Waals surface area contributed by atoms with E-state index in [0.717, 1.165) is 6.42 Å². The van der Waals surface area contributed by atoms with Crippen molar-refractivity contribution in [3.8, 4) is 0 Å². The third-order valence-electron chi connectivity index (χ3n) is 2.10. The van der Waals surface area contributed by atoms with Crippen LogP contribution in [0.15, 0.2) is 12.2 Å². The van der Waals surface area contributed by atoms with Gasteiger partial charge in [-0.3, -0.25) is 0 Å². The molecule has 0 aliphatic rings. The number of ether oxygens (including phenoxy) is 3. The second-order valence-corrected chi connectivity index (χ2v) is 4.06. The van der Waals surface area contributed by atoms with Gasteiger partial charge in [-0.1, -0.05) is 12.2 Å². The van der Waals surface area contributed by atoms with Crippen LogP contribution in [0.3, 0.4) is 0 Å². The second-order valence-electron chi connectivity index (χ2n) is 4.06. The normalized spacial score (nSPS) is 13.7. The van der Waals surface area contributed by atoms with Crippen LogP contribution in [-0.4, -0.2) is 32.8 Å². The Kier molecular flexibility index (Phi) is 6.05. The Hall–Kier alpha value is -0.420. The van der Waals surface area contributed by atoms with Crippen molar-refractivity contribution in [2.45, 2.75) is 38.2 Å². The highest BCUT2D eigenvalue weighted by molar-refractivity contribution is 4.98. The van der Waals surface area contributed by atoms with Crippen LogP contribution < -0.4 is 5.73 Å². The quantitative estimate of drug-likeness (QED) is 0.520. The fourth-order valence-corrected chi connectivity index (χ4v) is 1.20. The molecule has 2 N–H and O–H groups in total. The van der Waals surface area contributed by atoms with Gasteiger partial charge >= 0.3 is 0 Å².